The quantitative estimate of drug-likeness (QED) is 0.684. The van der Waals surface area contributed by atoms with Gasteiger partial charge in [-0.1, -0.05) is 18.5 Å². The molecule has 2 atom stereocenters. The Morgan fingerprint density at radius 3 is 2.89 bits per heavy atom. The van der Waals surface area contributed by atoms with Crippen LogP contribution in [0.1, 0.15) is 19.8 Å². The number of benzene rings is 1. The number of anilines is 1. The highest BCUT2D eigenvalue weighted by molar-refractivity contribution is 6.33. The van der Waals surface area contributed by atoms with Crippen molar-refractivity contribution in [2.45, 2.75) is 25.8 Å². The van der Waals surface area contributed by atoms with Crippen LogP contribution in [-0.4, -0.2) is 24.1 Å². The van der Waals surface area contributed by atoms with E-state index in [1.165, 1.54) is 12.1 Å². The number of nitro groups is 1. The molecule has 1 aliphatic heterocycles. The third-order valence-corrected chi connectivity index (χ3v) is 4.11. The average Bonchev–Trinajstić information content (AvgIpc) is 2.38. The summed E-state index contributed by atoms with van der Waals surface area (Å²) < 4.78 is 0. The van der Waals surface area contributed by atoms with Gasteiger partial charge in [0.1, 0.15) is 0 Å². The van der Waals surface area contributed by atoms with Gasteiger partial charge in [-0.2, -0.15) is 0 Å². The zero-order valence-electron chi connectivity index (χ0n) is 10.9. The molecule has 0 amide bonds. The Morgan fingerprint density at radius 1 is 1.58 bits per heavy atom. The molecule has 104 valence electrons. The predicted molar refractivity (Wildman–Crippen MR) is 76.7 cm³/mol. The van der Waals surface area contributed by atoms with E-state index >= 15 is 0 Å². The van der Waals surface area contributed by atoms with E-state index in [0.29, 0.717) is 17.5 Å². The van der Waals surface area contributed by atoms with Crippen molar-refractivity contribution in [3.63, 3.8) is 0 Å². The lowest BCUT2D eigenvalue weighted by molar-refractivity contribution is -0.384. The molecule has 5 nitrogen and oxygen atoms in total. The minimum Gasteiger partial charge on any atom is -0.366 e. The van der Waals surface area contributed by atoms with Gasteiger partial charge in [-0.3, -0.25) is 10.1 Å². The van der Waals surface area contributed by atoms with Crippen LogP contribution in [0, 0.1) is 16.0 Å². The summed E-state index contributed by atoms with van der Waals surface area (Å²) in [5.41, 5.74) is 6.72. The van der Waals surface area contributed by atoms with E-state index in [-0.39, 0.29) is 11.7 Å². The smallest absolute Gasteiger partial charge is 0.271 e. The van der Waals surface area contributed by atoms with E-state index < -0.39 is 4.92 Å². The van der Waals surface area contributed by atoms with Gasteiger partial charge >= 0.3 is 0 Å². The lowest BCUT2D eigenvalue weighted by Crippen LogP contribution is -2.48. The van der Waals surface area contributed by atoms with E-state index in [2.05, 4.69) is 11.8 Å². The standard InChI is InChI=1S/C13H18ClN3O2/c1-9-3-2-6-16(13(9)8-15)12-5-4-10(17(18)19)7-11(12)14/h4-5,7,9,13H,2-3,6,8,15H2,1H3. The number of nitrogens with two attached hydrogens (primary N) is 1. The zero-order valence-corrected chi connectivity index (χ0v) is 11.6. The first-order valence-corrected chi connectivity index (χ1v) is 6.83. The van der Waals surface area contributed by atoms with Crippen molar-refractivity contribution in [2.24, 2.45) is 11.7 Å². The highest BCUT2D eigenvalue weighted by Crippen LogP contribution is 2.35. The van der Waals surface area contributed by atoms with Crippen LogP contribution < -0.4 is 10.6 Å². The highest BCUT2D eigenvalue weighted by atomic mass is 35.5. The molecule has 6 heteroatoms. The molecule has 1 aromatic rings. The molecule has 0 bridgehead atoms. The Bertz CT molecular complexity index is 481. The summed E-state index contributed by atoms with van der Waals surface area (Å²) in [6.07, 6.45) is 2.24. The van der Waals surface area contributed by atoms with Crippen molar-refractivity contribution in [3.8, 4) is 0 Å². The van der Waals surface area contributed by atoms with E-state index in [1.54, 1.807) is 6.07 Å². The maximum atomic E-state index is 10.7. The van der Waals surface area contributed by atoms with Crippen molar-refractivity contribution in [2.75, 3.05) is 18.0 Å². The summed E-state index contributed by atoms with van der Waals surface area (Å²) >= 11 is 6.19. The highest BCUT2D eigenvalue weighted by Gasteiger charge is 2.29. The van der Waals surface area contributed by atoms with Crippen LogP contribution in [0.3, 0.4) is 0 Å². The van der Waals surface area contributed by atoms with Gasteiger partial charge < -0.3 is 10.6 Å². The number of nitro benzene ring substituents is 1. The van der Waals surface area contributed by atoms with Crippen molar-refractivity contribution >= 4 is 23.0 Å². The minimum absolute atomic E-state index is 0.0168. The van der Waals surface area contributed by atoms with E-state index in [9.17, 15) is 10.1 Å². The first-order chi connectivity index (χ1) is 9.04. The molecule has 19 heavy (non-hydrogen) atoms. The SMILES string of the molecule is CC1CCCN(c2ccc([N+](=O)[O-])cc2Cl)C1CN. The third-order valence-electron chi connectivity index (χ3n) is 3.81. The molecule has 1 saturated heterocycles. The zero-order chi connectivity index (χ0) is 14.0. The molecule has 2 N–H and O–H groups in total. The van der Waals surface area contributed by atoms with Crippen LogP contribution in [0.5, 0.6) is 0 Å². The Hall–Kier alpha value is -1.33. The number of non-ortho nitro benzene ring substituents is 1. The van der Waals surface area contributed by atoms with Gasteiger partial charge in [0.15, 0.2) is 0 Å². The first-order valence-electron chi connectivity index (χ1n) is 6.45. The number of piperidine rings is 1. The van der Waals surface area contributed by atoms with Gasteiger partial charge in [-0.05, 0) is 24.8 Å². The predicted octanol–water partition coefficient (Wildman–Crippen LogP) is 2.81. The molecule has 2 unspecified atom stereocenters. The van der Waals surface area contributed by atoms with Crippen molar-refractivity contribution in [1.82, 2.24) is 0 Å². The normalized spacial score (nSPS) is 23.4. The third kappa shape index (κ3) is 2.82. The Morgan fingerprint density at radius 2 is 2.32 bits per heavy atom. The van der Waals surface area contributed by atoms with Crippen molar-refractivity contribution < 1.29 is 4.92 Å². The van der Waals surface area contributed by atoms with Crippen LogP contribution in [0.25, 0.3) is 0 Å². The summed E-state index contributed by atoms with van der Waals surface area (Å²) in [6, 6.07) is 4.87. The van der Waals surface area contributed by atoms with Gasteiger partial charge in [-0.15, -0.1) is 0 Å². The topological polar surface area (TPSA) is 72.4 Å². The summed E-state index contributed by atoms with van der Waals surface area (Å²) in [5, 5.41) is 11.1. The molecular formula is C13H18ClN3O2. The lowest BCUT2D eigenvalue weighted by atomic mass is 9.90. The Kier molecular flexibility index (Phi) is 4.27. The molecule has 0 aromatic heterocycles. The summed E-state index contributed by atoms with van der Waals surface area (Å²) in [5.74, 6) is 0.505. The maximum Gasteiger partial charge on any atom is 0.271 e. The second-order valence-corrected chi connectivity index (χ2v) is 5.42. The molecular weight excluding hydrogens is 266 g/mol. The largest absolute Gasteiger partial charge is 0.366 e. The van der Waals surface area contributed by atoms with Gasteiger partial charge in [0.25, 0.3) is 5.69 Å². The number of halogens is 1. The fourth-order valence-corrected chi connectivity index (χ4v) is 3.03. The van der Waals surface area contributed by atoms with Crippen LogP contribution in [-0.2, 0) is 0 Å². The Balaban J connectivity index is 2.32. The molecule has 1 fully saturated rings. The van der Waals surface area contributed by atoms with Gasteiger partial charge in [0, 0.05) is 31.3 Å². The maximum absolute atomic E-state index is 10.7. The molecule has 2 rings (SSSR count). The van der Waals surface area contributed by atoms with Crippen molar-refractivity contribution in [1.29, 1.82) is 0 Å². The number of rotatable bonds is 3. The van der Waals surface area contributed by atoms with Crippen LogP contribution in [0.2, 0.25) is 5.02 Å². The molecule has 0 radical (unpaired) electrons. The number of hydrogen-bond acceptors (Lipinski definition) is 4. The van der Waals surface area contributed by atoms with Crippen LogP contribution >= 0.6 is 11.6 Å². The van der Waals surface area contributed by atoms with Gasteiger partial charge in [0.2, 0.25) is 0 Å². The molecule has 1 aliphatic rings. The molecule has 1 aromatic carbocycles. The summed E-state index contributed by atoms with van der Waals surface area (Å²) in [6.45, 7) is 3.64. The summed E-state index contributed by atoms with van der Waals surface area (Å²) in [7, 11) is 0. The molecule has 1 heterocycles. The van der Waals surface area contributed by atoms with Crippen molar-refractivity contribution in [3.05, 3.63) is 33.3 Å². The van der Waals surface area contributed by atoms with E-state index in [0.717, 1.165) is 25.1 Å². The monoisotopic (exact) mass is 283 g/mol. The Labute approximate surface area is 117 Å². The van der Waals surface area contributed by atoms with Gasteiger partial charge in [-0.25, -0.2) is 0 Å². The molecule has 0 saturated carbocycles. The number of hydrogen-bond donors (Lipinski definition) is 1. The van der Waals surface area contributed by atoms with Crippen LogP contribution in [0.4, 0.5) is 11.4 Å². The fourth-order valence-electron chi connectivity index (χ4n) is 2.75. The van der Waals surface area contributed by atoms with E-state index in [4.69, 9.17) is 17.3 Å². The van der Waals surface area contributed by atoms with Crippen LogP contribution in [0.15, 0.2) is 18.2 Å². The minimum atomic E-state index is -0.436. The molecule has 0 aliphatic carbocycles. The second-order valence-electron chi connectivity index (χ2n) is 5.01. The first kappa shape index (κ1) is 14.1. The average molecular weight is 284 g/mol. The van der Waals surface area contributed by atoms with Gasteiger partial charge in [0.05, 0.1) is 15.6 Å². The molecule has 0 spiro atoms. The second kappa shape index (κ2) is 5.75. The fraction of sp³-hybridized carbons (Fsp3) is 0.538. The lowest BCUT2D eigenvalue weighted by Gasteiger charge is -2.41. The number of nitrogens with zero attached hydrogens (tertiary/aromatic N) is 2. The summed E-state index contributed by atoms with van der Waals surface area (Å²) in [4.78, 5) is 12.5. The van der Waals surface area contributed by atoms with E-state index in [1.807, 2.05) is 0 Å².